The maximum Gasteiger partial charge on any atom is 0.333 e. The van der Waals surface area contributed by atoms with Crippen LogP contribution in [0.15, 0.2) is 21.3 Å². The number of aromatic nitrogens is 1. The number of aryl methyl sites for hydroxylation is 1. The lowest BCUT2D eigenvalue weighted by molar-refractivity contribution is -0.145. The van der Waals surface area contributed by atoms with Crippen molar-refractivity contribution in [2.45, 2.75) is 20.4 Å². The second kappa shape index (κ2) is 8.86. The van der Waals surface area contributed by atoms with Gasteiger partial charge < -0.3 is 14.4 Å². The minimum Gasteiger partial charge on any atom is -0.463 e. The number of nitrogens with zero attached hydrogens (tertiary/aromatic N) is 2. The number of carbonyl (C=O) groups is 3. The maximum atomic E-state index is 11.9. The number of thioether (sulfide) groups is 1. The molecule has 0 radical (unpaired) electrons. The van der Waals surface area contributed by atoms with Gasteiger partial charge >= 0.3 is 16.8 Å². The molecule has 1 aliphatic rings. The summed E-state index contributed by atoms with van der Waals surface area (Å²) in [6, 6.07) is 0. The fraction of sp³-hybridized carbons (Fsp3) is 0.467. The Morgan fingerprint density at radius 2 is 2.08 bits per heavy atom. The lowest BCUT2D eigenvalue weighted by atomic mass is 10.4. The van der Waals surface area contributed by atoms with E-state index in [1.165, 1.54) is 27.3 Å². The summed E-state index contributed by atoms with van der Waals surface area (Å²) >= 11 is 2.25. The summed E-state index contributed by atoms with van der Waals surface area (Å²) in [6.07, 6.45) is 1.26. The van der Waals surface area contributed by atoms with E-state index < -0.39 is 11.9 Å². The van der Waals surface area contributed by atoms with E-state index in [2.05, 4.69) is 0 Å². The summed E-state index contributed by atoms with van der Waals surface area (Å²) in [5.41, 5.74) is 0.692. The number of ether oxygens (including phenoxy) is 2. The van der Waals surface area contributed by atoms with Gasteiger partial charge in [-0.15, -0.1) is 0 Å². The molecule has 8 nitrogen and oxygen atoms in total. The molecule has 0 atom stereocenters. The molecule has 1 saturated heterocycles. The van der Waals surface area contributed by atoms with E-state index in [9.17, 15) is 19.2 Å². The summed E-state index contributed by atoms with van der Waals surface area (Å²) in [7, 11) is 0. The number of rotatable bonds is 7. The first-order valence-electron chi connectivity index (χ1n) is 7.54. The third-order valence-electron chi connectivity index (χ3n) is 3.28. The van der Waals surface area contributed by atoms with Gasteiger partial charge in [0.15, 0.2) is 0 Å². The van der Waals surface area contributed by atoms with Gasteiger partial charge in [0.05, 0.1) is 30.0 Å². The fourth-order valence-electron chi connectivity index (χ4n) is 2.08. The highest BCUT2D eigenvalue weighted by Gasteiger charge is 2.27. The molecule has 0 unspecified atom stereocenters. The molecule has 1 aromatic rings. The number of thiazole rings is 1. The van der Waals surface area contributed by atoms with Crippen LogP contribution in [0.3, 0.4) is 0 Å². The van der Waals surface area contributed by atoms with E-state index in [0.717, 1.165) is 11.3 Å². The van der Waals surface area contributed by atoms with Gasteiger partial charge in [0.1, 0.15) is 13.2 Å². The Kier molecular flexibility index (Phi) is 6.82. The van der Waals surface area contributed by atoms with Crippen molar-refractivity contribution in [3.05, 3.63) is 31.8 Å². The van der Waals surface area contributed by atoms with Crippen LogP contribution in [0.5, 0.6) is 0 Å². The summed E-state index contributed by atoms with van der Waals surface area (Å²) in [5, 5.41) is 2.15. The Balaban J connectivity index is 1.87. The molecule has 1 aromatic heterocycles. The minimum absolute atomic E-state index is 0.0246. The molecular weight excluding hydrogens is 368 g/mol. The summed E-state index contributed by atoms with van der Waals surface area (Å²) in [4.78, 5) is 48.0. The number of hydrogen-bond acceptors (Lipinski definition) is 8. The van der Waals surface area contributed by atoms with Crippen LogP contribution >= 0.6 is 23.1 Å². The second-order valence-electron chi connectivity index (χ2n) is 5.02. The van der Waals surface area contributed by atoms with E-state index in [1.807, 2.05) is 0 Å². The topological polar surface area (TPSA) is 94.9 Å². The van der Waals surface area contributed by atoms with Crippen molar-refractivity contribution >= 4 is 40.9 Å². The SMILES string of the molecule is CCOC(=O)/C=C1\SCC(=O)N1CCOC(=O)Cn1c(C)csc1=O. The van der Waals surface area contributed by atoms with E-state index >= 15 is 0 Å². The van der Waals surface area contributed by atoms with Crippen LogP contribution in [0.25, 0.3) is 0 Å². The zero-order valence-electron chi connectivity index (χ0n) is 13.9. The summed E-state index contributed by atoms with van der Waals surface area (Å²) in [5.74, 6) is -1.02. The smallest absolute Gasteiger partial charge is 0.333 e. The molecule has 2 heterocycles. The second-order valence-corrected chi connectivity index (χ2v) is 6.83. The monoisotopic (exact) mass is 386 g/mol. The highest BCUT2D eigenvalue weighted by Crippen LogP contribution is 2.28. The Morgan fingerprint density at radius 3 is 2.72 bits per heavy atom. The molecule has 0 N–H and O–H groups in total. The molecule has 10 heteroatoms. The molecule has 0 saturated carbocycles. The van der Waals surface area contributed by atoms with Gasteiger partial charge in [-0.1, -0.05) is 23.1 Å². The Labute approximate surface area is 152 Å². The van der Waals surface area contributed by atoms with Gasteiger partial charge in [-0.3, -0.25) is 19.0 Å². The lowest BCUT2D eigenvalue weighted by Gasteiger charge is -2.16. The van der Waals surface area contributed by atoms with E-state index in [0.29, 0.717) is 10.7 Å². The van der Waals surface area contributed by atoms with Crippen LogP contribution in [0.1, 0.15) is 12.6 Å². The van der Waals surface area contributed by atoms with Gasteiger partial charge in [-0.25, -0.2) is 4.79 Å². The number of esters is 2. The van der Waals surface area contributed by atoms with Crippen molar-refractivity contribution in [1.29, 1.82) is 0 Å². The first-order chi connectivity index (χ1) is 11.9. The number of hydrogen-bond donors (Lipinski definition) is 0. The first-order valence-corrected chi connectivity index (χ1v) is 9.41. The van der Waals surface area contributed by atoms with Crippen molar-refractivity contribution in [2.75, 3.05) is 25.5 Å². The van der Waals surface area contributed by atoms with Crippen LogP contribution in [-0.4, -0.2) is 52.8 Å². The van der Waals surface area contributed by atoms with Crippen molar-refractivity contribution < 1.29 is 23.9 Å². The van der Waals surface area contributed by atoms with Crippen molar-refractivity contribution in [3.8, 4) is 0 Å². The van der Waals surface area contributed by atoms with Gasteiger partial charge in [0.25, 0.3) is 0 Å². The van der Waals surface area contributed by atoms with E-state index in [4.69, 9.17) is 9.47 Å². The van der Waals surface area contributed by atoms with Crippen molar-refractivity contribution in [1.82, 2.24) is 9.47 Å². The average Bonchev–Trinajstić information content (AvgIpc) is 3.05. The van der Waals surface area contributed by atoms with Gasteiger partial charge in [-0.2, -0.15) is 0 Å². The van der Waals surface area contributed by atoms with Gasteiger partial charge in [0, 0.05) is 11.1 Å². The molecular formula is C15H18N2O6S2. The highest BCUT2D eigenvalue weighted by molar-refractivity contribution is 8.04. The fourth-order valence-corrected chi connectivity index (χ4v) is 3.77. The zero-order chi connectivity index (χ0) is 18.4. The van der Waals surface area contributed by atoms with Gasteiger partial charge in [-0.05, 0) is 13.8 Å². The predicted octanol–water partition coefficient (Wildman–Crippen LogP) is 0.741. The van der Waals surface area contributed by atoms with Crippen LogP contribution in [0.2, 0.25) is 0 Å². The standard InChI is InChI=1S/C15H18N2O6S2/c1-3-22-13(19)6-12-16(11(18)9-24-12)4-5-23-14(20)7-17-10(2)8-25-15(17)21/h6,8H,3-5,7,9H2,1-2H3/b12-6-. The number of carbonyl (C=O) groups excluding carboxylic acids is 3. The van der Waals surface area contributed by atoms with Crippen LogP contribution in [0.4, 0.5) is 0 Å². The Hall–Kier alpha value is -2.07. The normalized spacial score (nSPS) is 15.7. The quantitative estimate of drug-likeness (QED) is 0.504. The molecule has 0 spiro atoms. The molecule has 0 aromatic carbocycles. The number of amides is 1. The highest BCUT2D eigenvalue weighted by atomic mass is 32.2. The molecule has 1 aliphatic heterocycles. The maximum absolute atomic E-state index is 11.9. The average molecular weight is 386 g/mol. The largest absolute Gasteiger partial charge is 0.463 e. The van der Waals surface area contributed by atoms with E-state index in [1.54, 1.807) is 19.2 Å². The third kappa shape index (κ3) is 5.20. The zero-order valence-corrected chi connectivity index (χ0v) is 15.5. The predicted molar refractivity (Wildman–Crippen MR) is 93.2 cm³/mol. The molecule has 25 heavy (non-hydrogen) atoms. The molecule has 1 fully saturated rings. The van der Waals surface area contributed by atoms with Crippen molar-refractivity contribution in [2.24, 2.45) is 0 Å². The lowest BCUT2D eigenvalue weighted by Crippen LogP contribution is -2.30. The third-order valence-corrected chi connectivity index (χ3v) is 5.19. The minimum atomic E-state index is -0.557. The van der Waals surface area contributed by atoms with Crippen LogP contribution < -0.4 is 4.87 Å². The molecule has 0 aliphatic carbocycles. The molecule has 1 amide bonds. The van der Waals surface area contributed by atoms with Crippen LogP contribution in [0, 0.1) is 6.92 Å². The first kappa shape index (κ1) is 19.3. The molecule has 2 rings (SSSR count). The Morgan fingerprint density at radius 1 is 1.32 bits per heavy atom. The molecule has 136 valence electrons. The summed E-state index contributed by atoms with van der Waals surface area (Å²) in [6.45, 7) is 3.63. The summed E-state index contributed by atoms with van der Waals surface area (Å²) < 4.78 is 11.3. The van der Waals surface area contributed by atoms with Gasteiger partial charge in [0.2, 0.25) is 5.91 Å². The Bertz CT molecular complexity index is 751. The molecule has 0 bridgehead atoms. The van der Waals surface area contributed by atoms with Crippen molar-refractivity contribution in [3.63, 3.8) is 0 Å². The van der Waals surface area contributed by atoms with E-state index in [-0.39, 0.29) is 42.8 Å². The van der Waals surface area contributed by atoms with Crippen LogP contribution in [-0.2, 0) is 30.4 Å².